The van der Waals surface area contributed by atoms with Gasteiger partial charge in [-0.3, -0.25) is 4.79 Å². The first-order valence-corrected chi connectivity index (χ1v) is 11.2. The summed E-state index contributed by atoms with van der Waals surface area (Å²) in [5.74, 6) is 1.53. The lowest BCUT2D eigenvalue weighted by Crippen LogP contribution is -2.20. The number of nitrogens with one attached hydrogen (secondary N) is 1. The topological polar surface area (TPSA) is 64.2 Å². The standard InChI is InChI=1S/C24H25F3N2O3S/c1-14(2)21-18(11-16-7-10-19(31-3)20(12-16)32-4)28-23(29-22(21)30)33-13-15-5-8-17(9-6-15)24(25,26)27/h5-10,12,14H,11,13H2,1-4H3,(H,28,29,30). The first-order chi connectivity index (χ1) is 15.6. The van der Waals surface area contributed by atoms with Crippen molar-refractivity contribution >= 4 is 11.8 Å². The van der Waals surface area contributed by atoms with Crippen molar-refractivity contribution in [3.63, 3.8) is 0 Å². The molecule has 3 rings (SSSR count). The van der Waals surface area contributed by atoms with Gasteiger partial charge in [-0.15, -0.1) is 0 Å². The first kappa shape index (κ1) is 24.7. The van der Waals surface area contributed by atoms with Crippen LogP contribution in [0.25, 0.3) is 0 Å². The van der Waals surface area contributed by atoms with Crippen LogP contribution in [0.15, 0.2) is 52.4 Å². The third-order valence-corrected chi connectivity index (χ3v) is 6.01. The number of aromatic nitrogens is 2. The summed E-state index contributed by atoms with van der Waals surface area (Å²) in [4.78, 5) is 20.3. The normalized spacial score (nSPS) is 11.6. The molecule has 1 N–H and O–H groups in total. The highest BCUT2D eigenvalue weighted by Crippen LogP contribution is 2.31. The van der Waals surface area contributed by atoms with Crippen LogP contribution in [0.4, 0.5) is 13.2 Å². The Morgan fingerprint density at radius 2 is 1.64 bits per heavy atom. The van der Waals surface area contributed by atoms with Crippen molar-refractivity contribution in [1.82, 2.24) is 9.97 Å². The fourth-order valence-electron chi connectivity index (χ4n) is 3.43. The number of halogens is 3. The van der Waals surface area contributed by atoms with Crippen molar-refractivity contribution in [2.75, 3.05) is 14.2 Å². The fourth-order valence-corrected chi connectivity index (χ4v) is 4.27. The quantitative estimate of drug-likeness (QED) is 0.327. The highest BCUT2D eigenvalue weighted by atomic mass is 32.2. The van der Waals surface area contributed by atoms with Gasteiger partial charge in [-0.1, -0.05) is 43.8 Å². The van der Waals surface area contributed by atoms with Crippen LogP contribution in [0, 0.1) is 0 Å². The Labute approximate surface area is 194 Å². The molecule has 0 bridgehead atoms. The number of aromatic amines is 1. The van der Waals surface area contributed by atoms with E-state index in [1.807, 2.05) is 26.0 Å². The van der Waals surface area contributed by atoms with E-state index in [1.165, 1.54) is 23.9 Å². The minimum Gasteiger partial charge on any atom is -0.493 e. The Kier molecular flexibility index (Phi) is 7.73. The van der Waals surface area contributed by atoms with Gasteiger partial charge in [0.15, 0.2) is 16.7 Å². The molecular formula is C24H25F3N2O3S. The SMILES string of the molecule is COc1ccc(Cc2nc(SCc3ccc(C(F)(F)F)cc3)[nH]c(=O)c2C(C)C)cc1OC. The second-order valence-electron chi connectivity index (χ2n) is 7.74. The van der Waals surface area contributed by atoms with Gasteiger partial charge in [0, 0.05) is 17.7 Å². The average molecular weight is 479 g/mol. The molecule has 2 aromatic carbocycles. The number of benzene rings is 2. The maximum atomic E-state index is 12.8. The van der Waals surface area contributed by atoms with Gasteiger partial charge in [-0.05, 0) is 41.3 Å². The van der Waals surface area contributed by atoms with E-state index in [2.05, 4.69) is 9.97 Å². The summed E-state index contributed by atoms with van der Waals surface area (Å²) in [5.41, 5.74) is 1.95. The molecule has 0 aliphatic carbocycles. The molecule has 1 heterocycles. The molecule has 5 nitrogen and oxygen atoms in total. The van der Waals surface area contributed by atoms with Crippen molar-refractivity contribution in [1.29, 1.82) is 0 Å². The summed E-state index contributed by atoms with van der Waals surface area (Å²) in [6.45, 7) is 3.86. The van der Waals surface area contributed by atoms with Gasteiger partial charge >= 0.3 is 6.18 Å². The van der Waals surface area contributed by atoms with E-state index in [1.54, 1.807) is 20.3 Å². The van der Waals surface area contributed by atoms with Crippen LogP contribution in [-0.4, -0.2) is 24.2 Å². The third kappa shape index (κ3) is 6.10. The molecule has 9 heteroatoms. The Hall–Kier alpha value is -2.94. The molecule has 0 spiro atoms. The summed E-state index contributed by atoms with van der Waals surface area (Å²) >= 11 is 1.27. The zero-order chi connectivity index (χ0) is 24.2. The maximum absolute atomic E-state index is 12.8. The lowest BCUT2D eigenvalue weighted by Gasteiger charge is -2.14. The van der Waals surface area contributed by atoms with E-state index in [0.29, 0.717) is 45.6 Å². The molecule has 0 saturated heterocycles. The van der Waals surface area contributed by atoms with Gasteiger partial charge < -0.3 is 14.5 Å². The summed E-state index contributed by atoms with van der Waals surface area (Å²) in [6, 6.07) is 10.5. The first-order valence-electron chi connectivity index (χ1n) is 10.2. The van der Waals surface area contributed by atoms with Crippen LogP contribution >= 0.6 is 11.8 Å². The highest BCUT2D eigenvalue weighted by Gasteiger charge is 2.29. The second-order valence-corrected chi connectivity index (χ2v) is 8.70. The van der Waals surface area contributed by atoms with Gasteiger partial charge in [-0.25, -0.2) is 4.98 Å². The van der Waals surface area contributed by atoms with Gasteiger partial charge in [0.25, 0.3) is 5.56 Å². The number of hydrogen-bond acceptors (Lipinski definition) is 5. The number of hydrogen-bond donors (Lipinski definition) is 1. The van der Waals surface area contributed by atoms with E-state index in [4.69, 9.17) is 9.47 Å². The predicted molar refractivity (Wildman–Crippen MR) is 122 cm³/mol. The summed E-state index contributed by atoms with van der Waals surface area (Å²) in [7, 11) is 3.12. The van der Waals surface area contributed by atoms with Crippen molar-refractivity contribution in [2.45, 2.75) is 43.3 Å². The Bertz CT molecular complexity index is 1160. The van der Waals surface area contributed by atoms with Crippen LogP contribution in [0.1, 0.15) is 47.7 Å². The number of thioether (sulfide) groups is 1. The van der Waals surface area contributed by atoms with E-state index < -0.39 is 11.7 Å². The monoisotopic (exact) mass is 478 g/mol. The van der Waals surface area contributed by atoms with Gasteiger partial charge in [0.05, 0.1) is 25.5 Å². The molecule has 0 saturated carbocycles. The van der Waals surface area contributed by atoms with E-state index in [9.17, 15) is 18.0 Å². The molecule has 0 aliphatic rings. The van der Waals surface area contributed by atoms with E-state index in [-0.39, 0.29) is 11.5 Å². The number of H-pyrrole nitrogens is 1. The largest absolute Gasteiger partial charge is 0.493 e. The molecule has 33 heavy (non-hydrogen) atoms. The fraction of sp³-hybridized carbons (Fsp3) is 0.333. The van der Waals surface area contributed by atoms with E-state index >= 15 is 0 Å². The molecule has 1 aromatic heterocycles. The van der Waals surface area contributed by atoms with E-state index in [0.717, 1.165) is 17.7 Å². The molecule has 0 atom stereocenters. The third-order valence-electron chi connectivity index (χ3n) is 5.07. The lowest BCUT2D eigenvalue weighted by atomic mass is 9.98. The molecule has 3 aromatic rings. The second kappa shape index (κ2) is 10.3. The molecular weight excluding hydrogens is 453 g/mol. The number of ether oxygens (including phenoxy) is 2. The highest BCUT2D eigenvalue weighted by molar-refractivity contribution is 7.98. The predicted octanol–water partition coefficient (Wildman–Crippen LogP) is 5.81. The molecule has 0 aliphatic heterocycles. The van der Waals surface area contributed by atoms with Crippen molar-refractivity contribution in [3.05, 3.63) is 80.8 Å². The maximum Gasteiger partial charge on any atom is 0.416 e. The van der Waals surface area contributed by atoms with Crippen molar-refractivity contribution < 1.29 is 22.6 Å². The number of nitrogens with zero attached hydrogens (tertiary/aromatic N) is 1. The Morgan fingerprint density at radius 1 is 1.00 bits per heavy atom. The smallest absolute Gasteiger partial charge is 0.416 e. The molecule has 0 amide bonds. The zero-order valence-corrected chi connectivity index (χ0v) is 19.6. The number of rotatable bonds is 8. The molecule has 0 fully saturated rings. The van der Waals surface area contributed by atoms with Crippen LogP contribution in [0.3, 0.4) is 0 Å². The zero-order valence-electron chi connectivity index (χ0n) is 18.7. The summed E-state index contributed by atoms with van der Waals surface area (Å²) < 4.78 is 48.9. The minimum absolute atomic E-state index is 0.0367. The van der Waals surface area contributed by atoms with Crippen LogP contribution in [-0.2, 0) is 18.3 Å². The van der Waals surface area contributed by atoms with Crippen LogP contribution in [0.5, 0.6) is 11.5 Å². The summed E-state index contributed by atoms with van der Waals surface area (Å²) in [6.07, 6.45) is -3.95. The number of alkyl halides is 3. The van der Waals surface area contributed by atoms with Crippen LogP contribution < -0.4 is 15.0 Å². The Balaban J connectivity index is 1.85. The lowest BCUT2D eigenvalue weighted by molar-refractivity contribution is -0.137. The van der Waals surface area contributed by atoms with Gasteiger partial charge in [0.2, 0.25) is 0 Å². The minimum atomic E-state index is -4.37. The average Bonchev–Trinajstić information content (AvgIpc) is 2.76. The van der Waals surface area contributed by atoms with Gasteiger partial charge in [0.1, 0.15) is 0 Å². The van der Waals surface area contributed by atoms with Gasteiger partial charge in [-0.2, -0.15) is 13.2 Å². The number of methoxy groups -OCH3 is 2. The molecule has 0 unspecified atom stereocenters. The van der Waals surface area contributed by atoms with Crippen LogP contribution in [0.2, 0.25) is 0 Å². The Morgan fingerprint density at radius 3 is 2.21 bits per heavy atom. The van der Waals surface area contributed by atoms with Crippen molar-refractivity contribution in [2.24, 2.45) is 0 Å². The summed E-state index contributed by atoms with van der Waals surface area (Å²) in [5, 5.41) is 0.416. The molecule has 176 valence electrons. The van der Waals surface area contributed by atoms with Crippen molar-refractivity contribution in [3.8, 4) is 11.5 Å². The molecule has 0 radical (unpaired) electrons.